The molecule has 0 saturated carbocycles. The van der Waals surface area contributed by atoms with E-state index >= 15 is 0 Å². The average Bonchev–Trinajstić information content (AvgIpc) is 3.56. The molecule has 252 valence electrons. The number of aliphatic carboxylic acids is 1. The summed E-state index contributed by atoms with van der Waals surface area (Å²) >= 11 is 9.58. The van der Waals surface area contributed by atoms with Gasteiger partial charge >= 0.3 is 12.1 Å². The van der Waals surface area contributed by atoms with Gasteiger partial charge in [0, 0.05) is 42.4 Å². The van der Waals surface area contributed by atoms with E-state index in [1.165, 1.54) is 12.1 Å². The summed E-state index contributed by atoms with van der Waals surface area (Å²) < 4.78 is 53.1. The summed E-state index contributed by atoms with van der Waals surface area (Å²) in [7, 11) is 2.09. The smallest absolute Gasteiger partial charge is 0.489 e. The normalized spacial score (nSPS) is 15.4. The van der Waals surface area contributed by atoms with E-state index in [2.05, 4.69) is 43.4 Å². The number of halogens is 6. The van der Waals surface area contributed by atoms with Gasteiger partial charge in [-0.2, -0.15) is 13.2 Å². The van der Waals surface area contributed by atoms with Crippen LogP contribution in [0.25, 0.3) is 0 Å². The van der Waals surface area contributed by atoms with Crippen LogP contribution in [0, 0.1) is 5.82 Å². The molecule has 2 fully saturated rings. The van der Waals surface area contributed by atoms with Gasteiger partial charge in [0.05, 0.1) is 27.5 Å². The van der Waals surface area contributed by atoms with Crippen LogP contribution in [0.1, 0.15) is 46.4 Å². The molecule has 3 N–H and O–H groups in total. The first-order chi connectivity index (χ1) is 22.2. The number of benzene rings is 3. The molecule has 2 aliphatic rings. The molecule has 2 saturated heterocycles. The highest BCUT2D eigenvalue weighted by Gasteiger charge is 2.38. The number of hydrogen-bond acceptors (Lipinski definition) is 6. The Labute approximate surface area is 281 Å². The highest BCUT2D eigenvalue weighted by atomic mass is 79.9. The van der Waals surface area contributed by atoms with Crippen LogP contribution in [0.2, 0.25) is 5.02 Å². The molecule has 2 amide bonds. The molecule has 0 bridgehead atoms. The van der Waals surface area contributed by atoms with Crippen LogP contribution in [-0.2, 0) is 4.79 Å². The number of likely N-dealkylation sites (tertiary alicyclic amines) is 1. The van der Waals surface area contributed by atoms with Crippen molar-refractivity contribution in [3.63, 3.8) is 0 Å². The van der Waals surface area contributed by atoms with Crippen LogP contribution < -0.4 is 20.3 Å². The Balaban J connectivity index is 0.000000644. The molecule has 15 heteroatoms. The molecule has 0 aliphatic carbocycles. The summed E-state index contributed by atoms with van der Waals surface area (Å²) in [5.74, 6) is -3.91. The molecule has 2 heterocycles. The lowest BCUT2D eigenvalue weighted by Gasteiger charge is -2.30. The third-order valence-electron chi connectivity index (χ3n) is 7.54. The van der Waals surface area contributed by atoms with Gasteiger partial charge in [-0.3, -0.25) is 9.59 Å². The summed E-state index contributed by atoms with van der Waals surface area (Å²) in [5, 5.41) is 13.0. The zero-order valence-corrected chi connectivity index (χ0v) is 27.5. The number of hydrogen-bond donors (Lipinski definition) is 3. The fourth-order valence-corrected chi connectivity index (χ4v) is 5.75. The Morgan fingerprint density at radius 1 is 0.894 bits per heavy atom. The summed E-state index contributed by atoms with van der Waals surface area (Å²) in [6.45, 7) is 3.79. The molecule has 5 rings (SSSR count). The van der Waals surface area contributed by atoms with E-state index in [4.69, 9.17) is 26.2 Å². The fourth-order valence-electron chi connectivity index (χ4n) is 5.03. The van der Waals surface area contributed by atoms with Gasteiger partial charge < -0.3 is 30.3 Å². The van der Waals surface area contributed by atoms with Crippen molar-refractivity contribution < 1.29 is 41.8 Å². The number of anilines is 3. The molecular weight excluding hydrogens is 712 g/mol. The lowest BCUT2D eigenvalue weighted by molar-refractivity contribution is -0.192. The molecule has 47 heavy (non-hydrogen) atoms. The molecule has 0 radical (unpaired) electrons. The predicted molar refractivity (Wildman–Crippen MR) is 174 cm³/mol. The maximum Gasteiger partial charge on any atom is 0.490 e. The summed E-state index contributed by atoms with van der Waals surface area (Å²) in [6.07, 6.45) is -1.08. The number of carboxylic acids is 1. The van der Waals surface area contributed by atoms with Gasteiger partial charge in [0.1, 0.15) is 17.7 Å². The van der Waals surface area contributed by atoms with Crippen LogP contribution >= 0.6 is 27.5 Å². The van der Waals surface area contributed by atoms with E-state index in [-0.39, 0.29) is 17.4 Å². The zero-order chi connectivity index (χ0) is 34.3. The Morgan fingerprint density at radius 3 is 2.11 bits per heavy atom. The minimum Gasteiger partial charge on any atom is -0.489 e. The number of piperidine rings is 1. The largest absolute Gasteiger partial charge is 0.490 e. The number of nitrogens with zero attached hydrogens (tertiary/aromatic N) is 2. The monoisotopic (exact) mass is 742 g/mol. The third-order valence-corrected chi connectivity index (χ3v) is 8.34. The number of nitrogens with one attached hydrogen (secondary N) is 2. The Kier molecular flexibility index (Phi) is 12.1. The van der Waals surface area contributed by atoms with Crippen LogP contribution in [0.4, 0.5) is 34.6 Å². The standard InChI is InChI=1S/C30H31BrClFN4O3.C2HF3O2/c1-36-14-10-22(11-15-36)40-28-18-21(37-12-2-3-13-37)6-7-23(28)29(38)34-26-9-5-20(33)17-24(26)30(39)35-27-8-4-19(31)16-25(27)32;3-2(4,5)1(6)7/h4-9,16-18,22H,2-3,10-15H2,1H3,(H,34,38)(H,35,39);(H,6,7). The van der Waals surface area contributed by atoms with Gasteiger partial charge in [0.25, 0.3) is 11.8 Å². The van der Waals surface area contributed by atoms with E-state index in [1.807, 2.05) is 12.1 Å². The Bertz CT molecular complexity index is 1610. The summed E-state index contributed by atoms with van der Waals surface area (Å²) in [5.41, 5.74) is 1.88. The lowest BCUT2D eigenvalue weighted by Crippen LogP contribution is -2.36. The molecule has 0 atom stereocenters. The Morgan fingerprint density at radius 2 is 1.49 bits per heavy atom. The number of amides is 2. The van der Waals surface area contributed by atoms with Gasteiger partial charge in [0.15, 0.2) is 0 Å². The van der Waals surface area contributed by atoms with Gasteiger partial charge in [-0.15, -0.1) is 0 Å². The van der Waals surface area contributed by atoms with Crippen molar-refractivity contribution in [2.24, 2.45) is 0 Å². The quantitative estimate of drug-likeness (QED) is 0.216. The van der Waals surface area contributed by atoms with E-state index in [0.717, 1.165) is 68.1 Å². The predicted octanol–water partition coefficient (Wildman–Crippen LogP) is 7.45. The Hall–Kier alpha value is -3.88. The van der Waals surface area contributed by atoms with E-state index < -0.39 is 29.8 Å². The topological polar surface area (TPSA) is 111 Å². The second-order valence-electron chi connectivity index (χ2n) is 11.0. The number of ether oxygens (including phenoxy) is 1. The van der Waals surface area contributed by atoms with E-state index in [9.17, 15) is 27.2 Å². The highest BCUT2D eigenvalue weighted by molar-refractivity contribution is 9.10. The molecule has 0 unspecified atom stereocenters. The maximum atomic E-state index is 14.2. The number of carboxylic acid groups (broad SMARTS) is 1. The van der Waals surface area contributed by atoms with Crippen molar-refractivity contribution in [2.45, 2.75) is 38.0 Å². The molecule has 2 aliphatic heterocycles. The van der Waals surface area contributed by atoms with Crippen molar-refractivity contribution >= 4 is 62.4 Å². The van der Waals surface area contributed by atoms with Gasteiger partial charge in [-0.25, -0.2) is 9.18 Å². The van der Waals surface area contributed by atoms with Crippen molar-refractivity contribution in [3.05, 3.63) is 81.0 Å². The average molecular weight is 744 g/mol. The van der Waals surface area contributed by atoms with Gasteiger partial charge in [-0.1, -0.05) is 27.5 Å². The third kappa shape index (κ3) is 10.1. The molecule has 0 aromatic heterocycles. The minimum absolute atomic E-state index is 0.000560. The first kappa shape index (κ1) is 36.0. The zero-order valence-electron chi connectivity index (χ0n) is 25.2. The molecule has 0 spiro atoms. The number of rotatable bonds is 7. The SMILES string of the molecule is CN1CCC(Oc2cc(N3CCCC3)ccc2C(=O)Nc2ccc(F)cc2C(=O)Nc2ccc(Br)cc2Cl)CC1.O=C(O)C(F)(F)F. The highest BCUT2D eigenvalue weighted by Crippen LogP contribution is 2.32. The summed E-state index contributed by atoms with van der Waals surface area (Å²) in [6, 6.07) is 14.3. The van der Waals surface area contributed by atoms with Crippen molar-refractivity contribution in [1.29, 1.82) is 0 Å². The first-order valence-corrected chi connectivity index (χ1v) is 15.8. The minimum atomic E-state index is -5.08. The van der Waals surface area contributed by atoms with Gasteiger partial charge in [0.2, 0.25) is 0 Å². The van der Waals surface area contributed by atoms with Crippen LogP contribution in [0.3, 0.4) is 0 Å². The fraction of sp³-hybridized carbons (Fsp3) is 0.344. The van der Waals surface area contributed by atoms with Crippen molar-refractivity contribution in [1.82, 2.24) is 4.90 Å². The molecule has 3 aromatic rings. The van der Waals surface area contributed by atoms with Crippen LogP contribution in [0.15, 0.2) is 59.1 Å². The maximum absolute atomic E-state index is 14.2. The molecular formula is C32H32BrClF4N4O5. The number of alkyl halides is 3. The van der Waals surface area contributed by atoms with Crippen LogP contribution in [-0.4, -0.2) is 73.3 Å². The van der Waals surface area contributed by atoms with E-state index in [1.54, 1.807) is 24.3 Å². The number of carbonyl (C=O) groups is 3. The lowest BCUT2D eigenvalue weighted by atomic mass is 10.1. The molecule has 9 nitrogen and oxygen atoms in total. The van der Waals surface area contributed by atoms with E-state index in [0.29, 0.717) is 22.0 Å². The first-order valence-electron chi connectivity index (χ1n) is 14.6. The van der Waals surface area contributed by atoms with Gasteiger partial charge in [-0.05, 0) is 81.3 Å². The second kappa shape index (κ2) is 15.8. The second-order valence-corrected chi connectivity index (χ2v) is 12.3. The van der Waals surface area contributed by atoms with Crippen molar-refractivity contribution in [3.8, 4) is 5.75 Å². The molecule has 3 aromatic carbocycles. The summed E-state index contributed by atoms with van der Waals surface area (Å²) in [4.78, 5) is 40.2. The number of carbonyl (C=O) groups excluding carboxylic acids is 2. The van der Waals surface area contributed by atoms with Crippen LogP contribution in [0.5, 0.6) is 5.75 Å². The van der Waals surface area contributed by atoms with Crippen molar-refractivity contribution in [2.75, 3.05) is 48.8 Å².